The van der Waals surface area contributed by atoms with Crippen molar-refractivity contribution in [1.29, 1.82) is 0 Å². The molecule has 0 N–H and O–H groups in total. The van der Waals surface area contributed by atoms with Gasteiger partial charge in [-0.15, -0.1) is 0 Å². The van der Waals surface area contributed by atoms with Gasteiger partial charge in [-0.05, 0) is 54.1 Å². The van der Waals surface area contributed by atoms with Crippen molar-refractivity contribution in [2.75, 3.05) is 41.3 Å². The van der Waals surface area contributed by atoms with E-state index < -0.39 is 0 Å². The van der Waals surface area contributed by atoms with Gasteiger partial charge in [-0.3, -0.25) is 0 Å². The van der Waals surface area contributed by atoms with E-state index in [0.717, 1.165) is 12.6 Å². The predicted octanol–water partition coefficient (Wildman–Crippen LogP) is 1.05. The van der Waals surface area contributed by atoms with Crippen LogP contribution in [0, 0.1) is 0 Å². The second-order valence-electron chi connectivity index (χ2n) is 4.22. The van der Waals surface area contributed by atoms with E-state index in [0.29, 0.717) is 12.8 Å². The molecular formula is C12H26N2O2. The molecule has 96 valence electrons. The third-order valence-electron chi connectivity index (χ3n) is 1.86. The molecule has 0 saturated carbocycles. The standard InChI is InChI=1S/C8H20N2.C4H6O2/c1-9(2)7-5-6-8-10(3)4;5-3-1-2-4-6/h5-8H2,1-4H3;3-4H,1-2H2. The Morgan fingerprint density at radius 1 is 0.750 bits per heavy atom. The van der Waals surface area contributed by atoms with E-state index in [1.54, 1.807) is 0 Å². The third kappa shape index (κ3) is 23.2. The second-order valence-corrected chi connectivity index (χ2v) is 4.22. The molecule has 0 aromatic rings. The average Bonchev–Trinajstić information content (AvgIpc) is 2.22. The number of unbranched alkanes of at least 4 members (excludes halogenated alkanes) is 2. The first-order chi connectivity index (χ1) is 7.54. The summed E-state index contributed by atoms with van der Waals surface area (Å²) in [6.07, 6.45) is 4.81. The van der Waals surface area contributed by atoms with Gasteiger partial charge in [0.05, 0.1) is 0 Å². The van der Waals surface area contributed by atoms with Crippen LogP contribution < -0.4 is 0 Å². The first-order valence-corrected chi connectivity index (χ1v) is 5.71. The zero-order valence-electron chi connectivity index (χ0n) is 11.1. The molecule has 0 aromatic carbocycles. The number of carbonyl (C=O) groups is 2. The van der Waals surface area contributed by atoms with Crippen molar-refractivity contribution < 1.29 is 9.59 Å². The summed E-state index contributed by atoms with van der Waals surface area (Å²) in [5, 5.41) is 0. The van der Waals surface area contributed by atoms with Crippen LogP contribution in [0.25, 0.3) is 0 Å². The lowest BCUT2D eigenvalue weighted by molar-refractivity contribution is -0.112. The van der Waals surface area contributed by atoms with Gasteiger partial charge in [0.2, 0.25) is 0 Å². The maximum Gasteiger partial charge on any atom is 0.120 e. The summed E-state index contributed by atoms with van der Waals surface area (Å²) in [4.78, 5) is 23.3. The molecule has 0 saturated heterocycles. The van der Waals surface area contributed by atoms with Crippen molar-refractivity contribution in [3.05, 3.63) is 0 Å². The Labute approximate surface area is 99.6 Å². The lowest BCUT2D eigenvalue weighted by Gasteiger charge is -2.11. The summed E-state index contributed by atoms with van der Waals surface area (Å²) in [6, 6.07) is 0. The van der Waals surface area contributed by atoms with E-state index in [9.17, 15) is 9.59 Å². The molecular weight excluding hydrogens is 204 g/mol. The van der Waals surface area contributed by atoms with Gasteiger partial charge in [0.15, 0.2) is 0 Å². The van der Waals surface area contributed by atoms with Crippen LogP contribution >= 0.6 is 0 Å². The van der Waals surface area contributed by atoms with Gasteiger partial charge in [-0.25, -0.2) is 0 Å². The second kappa shape index (κ2) is 14.3. The lowest BCUT2D eigenvalue weighted by atomic mass is 10.3. The normalized spacial score (nSPS) is 9.88. The van der Waals surface area contributed by atoms with Crippen molar-refractivity contribution in [3.8, 4) is 0 Å². The van der Waals surface area contributed by atoms with Crippen LogP contribution in [0.15, 0.2) is 0 Å². The fraction of sp³-hybridized carbons (Fsp3) is 0.833. The summed E-state index contributed by atoms with van der Waals surface area (Å²) in [5.41, 5.74) is 0. The SMILES string of the molecule is CN(C)CCCCN(C)C.O=CCCC=O. The molecule has 0 unspecified atom stereocenters. The summed E-state index contributed by atoms with van der Waals surface area (Å²) < 4.78 is 0. The van der Waals surface area contributed by atoms with Crippen LogP contribution in [0.3, 0.4) is 0 Å². The summed E-state index contributed by atoms with van der Waals surface area (Å²) in [7, 11) is 8.48. The molecule has 0 bridgehead atoms. The van der Waals surface area contributed by atoms with E-state index in [-0.39, 0.29) is 0 Å². The monoisotopic (exact) mass is 230 g/mol. The Hall–Kier alpha value is -0.740. The quantitative estimate of drug-likeness (QED) is 0.462. The minimum atomic E-state index is 0.365. The average molecular weight is 230 g/mol. The summed E-state index contributed by atoms with van der Waals surface area (Å²) in [6.45, 7) is 2.43. The van der Waals surface area contributed by atoms with Crippen molar-refractivity contribution in [1.82, 2.24) is 9.80 Å². The van der Waals surface area contributed by atoms with Gasteiger partial charge in [-0.1, -0.05) is 0 Å². The lowest BCUT2D eigenvalue weighted by Crippen LogP contribution is -2.17. The molecule has 0 atom stereocenters. The highest BCUT2D eigenvalue weighted by atomic mass is 16.1. The molecule has 0 aliphatic rings. The zero-order chi connectivity index (χ0) is 12.8. The van der Waals surface area contributed by atoms with Gasteiger partial charge >= 0.3 is 0 Å². The number of nitrogens with zero attached hydrogens (tertiary/aromatic N) is 2. The van der Waals surface area contributed by atoms with E-state index in [1.807, 2.05) is 0 Å². The Morgan fingerprint density at radius 3 is 1.25 bits per heavy atom. The fourth-order valence-corrected chi connectivity index (χ4v) is 0.992. The van der Waals surface area contributed by atoms with Crippen molar-refractivity contribution >= 4 is 12.6 Å². The van der Waals surface area contributed by atoms with Crippen LogP contribution in [-0.4, -0.2) is 63.7 Å². The van der Waals surface area contributed by atoms with Crippen molar-refractivity contribution in [2.45, 2.75) is 25.7 Å². The molecule has 0 rings (SSSR count). The van der Waals surface area contributed by atoms with Gasteiger partial charge in [0.1, 0.15) is 12.6 Å². The first-order valence-electron chi connectivity index (χ1n) is 5.71. The molecule has 0 radical (unpaired) electrons. The molecule has 4 nitrogen and oxygen atoms in total. The maximum atomic E-state index is 9.40. The minimum absolute atomic E-state index is 0.365. The highest BCUT2D eigenvalue weighted by Crippen LogP contribution is 1.91. The molecule has 0 heterocycles. The van der Waals surface area contributed by atoms with E-state index >= 15 is 0 Å². The summed E-state index contributed by atoms with van der Waals surface area (Å²) in [5.74, 6) is 0. The Kier molecular flexibility index (Phi) is 15.7. The number of rotatable bonds is 8. The molecule has 0 aliphatic heterocycles. The number of hydrogen-bond donors (Lipinski definition) is 0. The Bertz CT molecular complexity index is 141. The zero-order valence-corrected chi connectivity index (χ0v) is 11.1. The van der Waals surface area contributed by atoms with E-state index in [4.69, 9.17) is 0 Å². The van der Waals surface area contributed by atoms with Crippen LogP contribution in [0.4, 0.5) is 0 Å². The highest BCUT2D eigenvalue weighted by molar-refractivity contribution is 5.58. The molecule has 0 spiro atoms. The van der Waals surface area contributed by atoms with E-state index in [1.165, 1.54) is 25.9 Å². The first kappa shape index (κ1) is 17.6. The molecule has 16 heavy (non-hydrogen) atoms. The minimum Gasteiger partial charge on any atom is -0.309 e. The van der Waals surface area contributed by atoms with Gasteiger partial charge in [0.25, 0.3) is 0 Å². The van der Waals surface area contributed by atoms with Gasteiger partial charge < -0.3 is 19.4 Å². The predicted molar refractivity (Wildman–Crippen MR) is 67.7 cm³/mol. The van der Waals surface area contributed by atoms with Crippen molar-refractivity contribution in [3.63, 3.8) is 0 Å². The van der Waals surface area contributed by atoms with Crippen molar-refractivity contribution in [2.24, 2.45) is 0 Å². The van der Waals surface area contributed by atoms with Crippen LogP contribution in [0.1, 0.15) is 25.7 Å². The number of hydrogen-bond acceptors (Lipinski definition) is 4. The van der Waals surface area contributed by atoms with Crippen LogP contribution in [0.2, 0.25) is 0 Å². The van der Waals surface area contributed by atoms with Gasteiger partial charge in [-0.2, -0.15) is 0 Å². The van der Waals surface area contributed by atoms with Crippen LogP contribution in [-0.2, 0) is 9.59 Å². The molecule has 0 aromatic heterocycles. The summed E-state index contributed by atoms with van der Waals surface area (Å²) >= 11 is 0. The molecule has 0 aliphatic carbocycles. The molecule has 0 amide bonds. The topological polar surface area (TPSA) is 40.6 Å². The maximum absolute atomic E-state index is 9.40. The Balaban J connectivity index is 0. The number of carbonyl (C=O) groups excluding carboxylic acids is 2. The Morgan fingerprint density at radius 2 is 1.06 bits per heavy atom. The van der Waals surface area contributed by atoms with Crippen LogP contribution in [0.5, 0.6) is 0 Å². The molecule has 4 heteroatoms. The third-order valence-corrected chi connectivity index (χ3v) is 1.86. The van der Waals surface area contributed by atoms with Gasteiger partial charge in [0, 0.05) is 12.8 Å². The van der Waals surface area contributed by atoms with E-state index in [2.05, 4.69) is 38.0 Å². The molecule has 0 fully saturated rings. The fourth-order valence-electron chi connectivity index (χ4n) is 0.992. The number of aldehydes is 2. The largest absolute Gasteiger partial charge is 0.309 e. The smallest absolute Gasteiger partial charge is 0.120 e. The highest BCUT2D eigenvalue weighted by Gasteiger charge is 1.91.